The molecule has 0 saturated heterocycles. The van der Waals surface area contributed by atoms with E-state index in [1.54, 1.807) is 6.21 Å². The molecule has 1 atom stereocenters. The monoisotopic (exact) mass is 191 g/mol. The van der Waals surface area contributed by atoms with Gasteiger partial charge in [0.25, 0.3) is 0 Å². The molecule has 1 aromatic rings. The molecule has 1 aliphatic heterocycles. The van der Waals surface area contributed by atoms with Crippen molar-refractivity contribution in [3.63, 3.8) is 0 Å². The van der Waals surface area contributed by atoms with Crippen LogP contribution in [0.25, 0.3) is 0 Å². The summed E-state index contributed by atoms with van der Waals surface area (Å²) in [4.78, 5) is 0.822. The van der Waals surface area contributed by atoms with Crippen LogP contribution in [0, 0.1) is 0 Å². The molecule has 0 aromatic heterocycles. The SMILES string of the molecule is O=S1N=C/C=C\Cc2ccccc21. The van der Waals surface area contributed by atoms with E-state index in [0.29, 0.717) is 0 Å². The molecule has 0 saturated carbocycles. The van der Waals surface area contributed by atoms with E-state index in [2.05, 4.69) is 4.40 Å². The van der Waals surface area contributed by atoms with E-state index in [-0.39, 0.29) is 0 Å². The Morgan fingerprint density at radius 1 is 1.31 bits per heavy atom. The molecule has 0 N–H and O–H groups in total. The molecule has 3 heteroatoms. The summed E-state index contributed by atoms with van der Waals surface area (Å²) in [5, 5.41) is 0. The predicted octanol–water partition coefficient (Wildman–Crippen LogP) is 1.89. The summed E-state index contributed by atoms with van der Waals surface area (Å²) in [6, 6.07) is 7.69. The topological polar surface area (TPSA) is 29.4 Å². The third kappa shape index (κ3) is 1.75. The lowest BCUT2D eigenvalue weighted by molar-refractivity contribution is 0.684. The minimum absolute atomic E-state index is 0.822. The van der Waals surface area contributed by atoms with Crippen molar-refractivity contribution < 1.29 is 4.21 Å². The minimum atomic E-state index is -1.23. The zero-order chi connectivity index (χ0) is 9.10. The molecule has 13 heavy (non-hydrogen) atoms. The normalized spacial score (nSPS) is 22.9. The molecule has 0 bridgehead atoms. The maximum absolute atomic E-state index is 11.5. The first-order chi connectivity index (χ1) is 6.38. The molecule has 0 amide bonds. The standard InChI is InChI=1S/C10H9NOS/c12-13-10-7-2-1-5-9(10)6-3-4-8-11-13/h1-5,7-8H,6H2/b4-3-,11-8?. The Balaban J connectivity index is 2.54. The Morgan fingerprint density at radius 3 is 3.08 bits per heavy atom. The van der Waals surface area contributed by atoms with Crippen LogP contribution in [-0.4, -0.2) is 10.4 Å². The van der Waals surface area contributed by atoms with Gasteiger partial charge in [-0.3, -0.25) is 0 Å². The van der Waals surface area contributed by atoms with Gasteiger partial charge in [0, 0.05) is 6.21 Å². The maximum Gasteiger partial charge on any atom is 0.172 e. The van der Waals surface area contributed by atoms with Crippen molar-refractivity contribution in [2.45, 2.75) is 11.3 Å². The Morgan fingerprint density at radius 2 is 2.15 bits per heavy atom. The Kier molecular flexibility index (Phi) is 2.36. The van der Waals surface area contributed by atoms with Crippen LogP contribution < -0.4 is 0 Å². The van der Waals surface area contributed by atoms with E-state index in [0.717, 1.165) is 16.9 Å². The third-order valence-corrected chi connectivity index (χ3v) is 2.96. The van der Waals surface area contributed by atoms with E-state index < -0.39 is 11.0 Å². The van der Waals surface area contributed by atoms with Crippen molar-refractivity contribution in [3.05, 3.63) is 42.0 Å². The lowest BCUT2D eigenvalue weighted by atomic mass is 10.1. The third-order valence-electron chi connectivity index (χ3n) is 1.88. The van der Waals surface area contributed by atoms with Crippen molar-refractivity contribution in [1.82, 2.24) is 0 Å². The van der Waals surface area contributed by atoms with E-state index in [1.807, 2.05) is 36.4 Å². The summed E-state index contributed by atoms with van der Waals surface area (Å²) in [7, 11) is -1.23. The maximum atomic E-state index is 11.5. The summed E-state index contributed by atoms with van der Waals surface area (Å²) in [6.07, 6.45) is 6.26. The Hall–Kier alpha value is -1.22. The summed E-state index contributed by atoms with van der Waals surface area (Å²) in [5.74, 6) is 0. The summed E-state index contributed by atoms with van der Waals surface area (Å²) in [5.41, 5.74) is 1.09. The van der Waals surface area contributed by atoms with Crippen LogP contribution in [0.5, 0.6) is 0 Å². The predicted molar refractivity (Wildman–Crippen MR) is 54.2 cm³/mol. The lowest BCUT2D eigenvalue weighted by Gasteiger charge is -2.04. The van der Waals surface area contributed by atoms with Gasteiger partial charge in [0.15, 0.2) is 11.0 Å². The van der Waals surface area contributed by atoms with Gasteiger partial charge in [-0.05, 0) is 24.1 Å². The second kappa shape index (κ2) is 3.66. The molecule has 2 nitrogen and oxygen atoms in total. The number of hydrogen-bond donors (Lipinski definition) is 0. The first-order valence-corrected chi connectivity index (χ1v) is 5.17. The van der Waals surface area contributed by atoms with E-state index in [4.69, 9.17) is 0 Å². The molecule has 1 aromatic carbocycles. The number of allylic oxidation sites excluding steroid dienone is 2. The molecule has 0 fully saturated rings. The van der Waals surface area contributed by atoms with Crippen molar-refractivity contribution in [3.8, 4) is 0 Å². The first kappa shape index (κ1) is 8.38. The Bertz CT molecular complexity index is 396. The largest absolute Gasteiger partial charge is 0.229 e. The van der Waals surface area contributed by atoms with Crippen LogP contribution in [0.4, 0.5) is 0 Å². The molecule has 0 spiro atoms. The van der Waals surface area contributed by atoms with Crippen LogP contribution in [0.1, 0.15) is 5.56 Å². The fraction of sp³-hybridized carbons (Fsp3) is 0.100. The van der Waals surface area contributed by atoms with Gasteiger partial charge in [0.2, 0.25) is 0 Å². The zero-order valence-corrected chi connectivity index (χ0v) is 7.83. The summed E-state index contributed by atoms with van der Waals surface area (Å²) < 4.78 is 15.4. The zero-order valence-electron chi connectivity index (χ0n) is 7.01. The number of benzene rings is 1. The fourth-order valence-corrected chi connectivity index (χ4v) is 2.11. The molecular formula is C10H9NOS. The fourth-order valence-electron chi connectivity index (χ4n) is 1.25. The molecule has 1 unspecified atom stereocenters. The molecular weight excluding hydrogens is 182 g/mol. The second-order valence-electron chi connectivity index (χ2n) is 2.74. The quantitative estimate of drug-likeness (QED) is 0.615. The molecule has 66 valence electrons. The van der Waals surface area contributed by atoms with Gasteiger partial charge in [-0.2, -0.15) is 4.40 Å². The van der Waals surface area contributed by atoms with Gasteiger partial charge in [0.05, 0.1) is 4.90 Å². The van der Waals surface area contributed by atoms with Gasteiger partial charge >= 0.3 is 0 Å². The lowest BCUT2D eigenvalue weighted by Crippen LogP contribution is -1.96. The Labute approximate surface area is 79.6 Å². The highest BCUT2D eigenvalue weighted by Gasteiger charge is 2.07. The average molecular weight is 191 g/mol. The second-order valence-corrected chi connectivity index (χ2v) is 3.89. The highest BCUT2D eigenvalue weighted by atomic mass is 32.2. The molecule has 1 heterocycles. The van der Waals surface area contributed by atoms with Crippen LogP contribution in [-0.2, 0) is 17.4 Å². The molecule has 1 aliphatic rings. The van der Waals surface area contributed by atoms with Crippen molar-refractivity contribution in [1.29, 1.82) is 0 Å². The molecule has 0 radical (unpaired) electrons. The highest BCUT2D eigenvalue weighted by molar-refractivity contribution is 7.83. The average Bonchev–Trinajstić information content (AvgIpc) is 2.14. The minimum Gasteiger partial charge on any atom is -0.229 e. The van der Waals surface area contributed by atoms with Crippen LogP contribution >= 0.6 is 0 Å². The number of hydrogen-bond acceptors (Lipinski definition) is 1. The van der Waals surface area contributed by atoms with E-state index >= 15 is 0 Å². The summed E-state index contributed by atoms with van der Waals surface area (Å²) in [6.45, 7) is 0. The van der Waals surface area contributed by atoms with E-state index in [9.17, 15) is 4.21 Å². The van der Waals surface area contributed by atoms with Crippen LogP contribution in [0.3, 0.4) is 0 Å². The smallest absolute Gasteiger partial charge is 0.172 e. The van der Waals surface area contributed by atoms with Gasteiger partial charge in [-0.25, -0.2) is 4.21 Å². The van der Waals surface area contributed by atoms with Crippen LogP contribution in [0.2, 0.25) is 0 Å². The van der Waals surface area contributed by atoms with Crippen LogP contribution in [0.15, 0.2) is 45.7 Å². The van der Waals surface area contributed by atoms with Crippen molar-refractivity contribution >= 4 is 17.2 Å². The molecule has 0 aliphatic carbocycles. The van der Waals surface area contributed by atoms with Gasteiger partial charge in [0.1, 0.15) is 0 Å². The first-order valence-electron chi connectivity index (χ1n) is 4.07. The number of rotatable bonds is 0. The van der Waals surface area contributed by atoms with Gasteiger partial charge < -0.3 is 0 Å². The van der Waals surface area contributed by atoms with Gasteiger partial charge in [-0.15, -0.1) is 0 Å². The number of nitrogens with zero attached hydrogens (tertiary/aromatic N) is 1. The van der Waals surface area contributed by atoms with E-state index in [1.165, 1.54) is 0 Å². The summed E-state index contributed by atoms with van der Waals surface area (Å²) >= 11 is 0. The van der Waals surface area contributed by atoms with Gasteiger partial charge in [-0.1, -0.05) is 24.3 Å². The van der Waals surface area contributed by atoms with Crippen molar-refractivity contribution in [2.24, 2.45) is 4.40 Å². The van der Waals surface area contributed by atoms with Crippen molar-refractivity contribution in [2.75, 3.05) is 0 Å². The number of fused-ring (bicyclic) bond motifs is 1. The highest BCUT2D eigenvalue weighted by Crippen LogP contribution is 2.16. The molecule has 2 rings (SSSR count).